The zero-order chi connectivity index (χ0) is 32.0. The van der Waals surface area contributed by atoms with Crippen LogP contribution in [0.4, 0.5) is 23.2 Å². The van der Waals surface area contributed by atoms with E-state index in [1.807, 2.05) is 0 Å². The molecule has 6 rings (SSSR count). The minimum atomic E-state index is -4.22. The quantitative estimate of drug-likeness (QED) is 0.196. The van der Waals surface area contributed by atoms with Gasteiger partial charge < -0.3 is 15.2 Å². The number of benzene rings is 1. The number of nitrogens with zero attached hydrogens (tertiary/aromatic N) is 5. The van der Waals surface area contributed by atoms with Gasteiger partial charge in [-0.1, -0.05) is 17.7 Å². The molecule has 2 amide bonds. The molecular formula is C29H23ClF4N6O5. The highest BCUT2D eigenvalue weighted by molar-refractivity contribution is 6.30. The molecule has 1 fully saturated rings. The smallest absolute Gasteiger partial charge is 0.458 e. The topological polar surface area (TPSA) is 143 Å². The lowest BCUT2D eigenvalue weighted by atomic mass is 9.93. The Balaban J connectivity index is 1.47. The number of nitrogens with two attached hydrogens (primary N) is 1. The summed E-state index contributed by atoms with van der Waals surface area (Å²) < 4.78 is 65.5. The number of rotatable bonds is 10. The van der Waals surface area contributed by atoms with Crippen LogP contribution in [0.1, 0.15) is 34.6 Å². The number of hydrogen-bond donors (Lipinski definition) is 1. The van der Waals surface area contributed by atoms with Crippen LogP contribution in [0.5, 0.6) is 5.75 Å². The number of fused-ring (bicyclic) bond motifs is 2. The first-order valence-corrected chi connectivity index (χ1v) is 14.0. The number of aromatic nitrogens is 4. The van der Waals surface area contributed by atoms with E-state index in [0.717, 1.165) is 22.4 Å². The molecule has 2 aliphatic rings. The molecule has 234 valence electrons. The molecule has 3 aromatic heterocycles. The lowest BCUT2D eigenvalue weighted by Crippen LogP contribution is -2.50. The lowest BCUT2D eigenvalue weighted by molar-refractivity contribution is -0.193. The third kappa shape index (κ3) is 6.12. The molecule has 16 heteroatoms. The van der Waals surface area contributed by atoms with Gasteiger partial charge in [-0.2, -0.15) is 13.9 Å². The number of pyridine rings is 2. The van der Waals surface area contributed by atoms with Crippen LogP contribution in [0.3, 0.4) is 0 Å². The first-order valence-electron chi connectivity index (χ1n) is 13.7. The molecule has 1 aliphatic heterocycles. The molecular weight excluding hydrogens is 624 g/mol. The van der Waals surface area contributed by atoms with Gasteiger partial charge in [0.1, 0.15) is 6.54 Å². The molecule has 11 nitrogen and oxygen atoms in total. The second-order valence-corrected chi connectivity index (χ2v) is 11.0. The van der Waals surface area contributed by atoms with Crippen LogP contribution in [0.15, 0.2) is 42.7 Å². The Morgan fingerprint density at radius 2 is 1.96 bits per heavy atom. The van der Waals surface area contributed by atoms with Gasteiger partial charge in [-0.25, -0.2) is 18.4 Å². The van der Waals surface area contributed by atoms with E-state index < -0.39 is 43.5 Å². The number of esters is 1. The number of ether oxygens (including phenoxy) is 2. The highest BCUT2D eigenvalue weighted by Gasteiger charge is 2.50. The largest absolute Gasteiger partial charge is 0.482 e. The Labute approximate surface area is 256 Å². The fourth-order valence-corrected chi connectivity index (χ4v) is 5.24. The maximum atomic E-state index is 14.9. The maximum absolute atomic E-state index is 14.9. The molecule has 45 heavy (non-hydrogen) atoms. The summed E-state index contributed by atoms with van der Waals surface area (Å²) in [5.41, 5.74) is 6.99. The van der Waals surface area contributed by atoms with Gasteiger partial charge >= 0.3 is 18.0 Å². The molecule has 4 heterocycles. The van der Waals surface area contributed by atoms with Crippen LogP contribution in [0.25, 0.3) is 22.2 Å². The Morgan fingerprint density at radius 3 is 2.62 bits per heavy atom. The zero-order valence-electron chi connectivity index (χ0n) is 23.2. The molecule has 1 saturated carbocycles. The Hall–Kier alpha value is -4.79. The van der Waals surface area contributed by atoms with Gasteiger partial charge in [0.25, 0.3) is 12.3 Å². The molecule has 1 aromatic carbocycles. The number of halogens is 5. The van der Waals surface area contributed by atoms with E-state index in [0.29, 0.717) is 17.1 Å². The van der Waals surface area contributed by atoms with Gasteiger partial charge in [0.15, 0.2) is 18.0 Å². The first-order chi connectivity index (χ1) is 21.4. The van der Waals surface area contributed by atoms with Crippen molar-refractivity contribution < 1.29 is 41.4 Å². The van der Waals surface area contributed by atoms with Crippen LogP contribution < -0.4 is 15.4 Å². The number of alkyl halides is 4. The average molecular weight is 647 g/mol. The first kappa shape index (κ1) is 30.2. The second kappa shape index (κ2) is 11.6. The lowest BCUT2D eigenvalue weighted by Gasteiger charge is -2.33. The van der Waals surface area contributed by atoms with Crippen LogP contribution in [-0.4, -0.2) is 56.7 Å². The molecule has 0 bridgehead atoms. The van der Waals surface area contributed by atoms with Crippen molar-refractivity contribution in [3.05, 3.63) is 64.7 Å². The van der Waals surface area contributed by atoms with E-state index in [-0.39, 0.29) is 57.3 Å². The molecule has 2 N–H and O–H groups in total. The molecule has 1 aliphatic carbocycles. The summed E-state index contributed by atoms with van der Waals surface area (Å²) in [6.07, 6.45) is -2.33. The number of primary amides is 1. The number of anilines is 1. The third-order valence-corrected chi connectivity index (χ3v) is 7.54. The van der Waals surface area contributed by atoms with E-state index in [1.165, 1.54) is 42.7 Å². The second-order valence-electron chi connectivity index (χ2n) is 10.6. The van der Waals surface area contributed by atoms with Crippen LogP contribution in [-0.2, 0) is 33.8 Å². The van der Waals surface area contributed by atoms with Crippen LogP contribution >= 0.6 is 11.6 Å². The molecule has 0 atom stereocenters. The van der Waals surface area contributed by atoms with Crippen molar-refractivity contribution in [2.24, 2.45) is 11.7 Å². The van der Waals surface area contributed by atoms with Gasteiger partial charge in [0.2, 0.25) is 0 Å². The number of carbonyl (C=O) groups excluding carboxylic acids is 3. The molecule has 0 saturated heterocycles. The van der Waals surface area contributed by atoms with E-state index in [1.54, 1.807) is 0 Å². The molecule has 0 unspecified atom stereocenters. The van der Waals surface area contributed by atoms with Gasteiger partial charge in [0, 0.05) is 17.1 Å². The Morgan fingerprint density at radius 1 is 1.18 bits per heavy atom. The minimum Gasteiger partial charge on any atom is -0.458 e. The minimum absolute atomic E-state index is 0.0213. The Bertz CT molecular complexity index is 1830. The fraction of sp³-hybridized carbons (Fsp3) is 0.310. The third-order valence-electron chi connectivity index (χ3n) is 7.32. The van der Waals surface area contributed by atoms with Crippen LogP contribution in [0, 0.1) is 5.92 Å². The molecule has 0 radical (unpaired) electrons. The van der Waals surface area contributed by atoms with E-state index in [4.69, 9.17) is 22.1 Å². The van der Waals surface area contributed by atoms with E-state index >= 15 is 0 Å². The summed E-state index contributed by atoms with van der Waals surface area (Å²) >= 11 is 5.88. The maximum Gasteiger partial charge on any atom is 0.482 e. The highest BCUT2D eigenvalue weighted by Crippen LogP contribution is 2.44. The number of amides is 2. The average Bonchev–Trinajstić information content (AvgIpc) is 3.72. The zero-order valence-corrected chi connectivity index (χ0v) is 23.9. The molecule has 0 spiro atoms. The van der Waals surface area contributed by atoms with Crippen LogP contribution in [0.2, 0.25) is 5.02 Å². The van der Waals surface area contributed by atoms with Crippen molar-refractivity contribution in [3.63, 3.8) is 0 Å². The van der Waals surface area contributed by atoms with Crippen molar-refractivity contribution >= 4 is 46.1 Å². The predicted molar refractivity (Wildman–Crippen MR) is 151 cm³/mol. The van der Waals surface area contributed by atoms with E-state index in [9.17, 15) is 31.9 Å². The summed E-state index contributed by atoms with van der Waals surface area (Å²) in [6.45, 7) is -1.97. The van der Waals surface area contributed by atoms with Crippen molar-refractivity contribution in [3.8, 4) is 16.9 Å². The summed E-state index contributed by atoms with van der Waals surface area (Å²) in [5, 5.41) is 4.72. The van der Waals surface area contributed by atoms with E-state index in [2.05, 4.69) is 19.8 Å². The van der Waals surface area contributed by atoms with Crippen molar-refractivity contribution in [1.29, 1.82) is 0 Å². The summed E-state index contributed by atoms with van der Waals surface area (Å²) in [6, 6.07) is 7.13. The van der Waals surface area contributed by atoms with Gasteiger partial charge in [-0.05, 0) is 55.0 Å². The van der Waals surface area contributed by atoms with Gasteiger partial charge in [-0.15, -0.1) is 0 Å². The monoisotopic (exact) mass is 646 g/mol. The summed E-state index contributed by atoms with van der Waals surface area (Å²) in [5.74, 6) is -3.57. The Kier molecular flexibility index (Phi) is 7.81. The van der Waals surface area contributed by atoms with Crippen molar-refractivity contribution in [2.75, 3.05) is 11.5 Å². The summed E-state index contributed by atoms with van der Waals surface area (Å²) in [7, 11) is 0. The van der Waals surface area contributed by atoms with Crippen molar-refractivity contribution in [2.45, 2.75) is 44.9 Å². The fourth-order valence-electron chi connectivity index (χ4n) is 5.13. The summed E-state index contributed by atoms with van der Waals surface area (Å²) in [4.78, 5) is 47.4. The number of hydrogen-bond acceptors (Lipinski definition) is 8. The molecule has 4 aromatic rings. The standard InChI is InChI=1S/C29H23ClF4N6O5/c30-16-4-5-17(36-9-16)11-39-20-6-3-15(8-21(20)45-29(33,34)28(39)43)24-18-10-37-40(12-23(41)44-13-22(31)32)27(18)38-19(7-14-1-2-14)25(24)26(35)42/h3-6,8-10,14,22H,1-2,7,11-13H2,(H2,35,42). The normalized spacial score (nSPS) is 15.7. The SMILES string of the molecule is NC(=O)c1c(CC2CC2)nc2c(cnn2CC(=O)OCC(F)F)c1-c1ccc2c(c1)OC(F)(F)C(=O)N2Cc1ccc(Cl)cn1. The van der Waals surface area contributed by atoms with Gasteiger partial charge in [-0.3, -0.25) is 24.3 Å². The van der Waals surface area contributed by atoms with Gasteiger partial charge in [0.05, 0.1) is 40.4 Å². The predicted octanol–water partition coefficient (Wildman–Crippen LogP) is 4.52. The highest BCUT2D eigenvalue weighted by atomic mass is 35.5. The number of carbonyl (C=O) groups is 3. The van der Waals surface area contributed by atoms with Crippen molar-refractivity contribution in [1.82, 2.24) is 19.7 Å².